The Morgan fingerprint density at radius 2 is 1.74 bits per heavy atom. The summed E-state index contributed by atoms with van der Waals surface area (Å²) in [5.41, 5.74) is 3.50. The van der Waals surface area contributed by atoms with E-state index in [1.165, 1.54) is 5.56 Å². The molecule has 0 amide bonds. The first-order chi connectivity index (χ1) is 9.06. The first-order valence-corrected chi connectivity index (χ1v) is 6.92. The lowest BCUT2D eigenvalue weighted by Gasteiger charge is -2.10. The molecule has 0 saturated carbocycles. The molecule has 0 unspecified atom stereocenters. The number of ether oxygens (including phenoxy) is 1. The van der Waals surface area contributed by atoms with Crippen molar-refractivity contribution in [2.75, 3.05) is 0 Å². The zero-order chi connectivity index (χ0) is 13.8. The second kappa shape index (κ2) is 6.12. The Morgan fingerprint density at radius 3 is 2.32 bits per heavy atom. The van der Waals surface area contributed by atoms with Gasteiger partial charge in [-0.25, -0.2) is 0 Å². The van der Waals surface area contributed by atoms with Crippen LogP contribution in [-0.4, -0.2) is 0 Å². The molecule has 1 nitrogen and oxygen atoms in total. The molecule has 2 aromatic rings. The molecule has 0 bridgehead atoms. The van der Waals surface area contributed by atoms with Crippen LogP contribution in [0.4, 0.5) is 0 Å². The van der Waals surface area contributed by atoms with Crippen molar-refractivity contribution in [3.63, 3.8) is 0 Å². The highest BCUT2D eigenvalue weighted by Crippen LogP contribution is 2.22. The van der Waals surface area contributed by atoms with Gasteiger partial charge < -0.3 is 4.74 Å². The molecule has 0 aliphatic heterocycles. The summed E-state index contributed by atoms with van der Waals surface area (Å²) in [6.07, 6.45) is 0. The third-order valence-corrected chi connectivity index (χ3v) is 3.50. The largest absolute Gasteiger partial charge is 0.489 e. The summed E-state index contributed by atoms with van der Waals surface area (Å²) < 4.78 is 5.76. The Hall–Kier alpha value is -1.47. The van der Waals surface area contributed by atoms with Crippen LogP contribution in [0.3, 0.4) is 0 Å². The van der Waals surface area contributed by atoms with Gasteiger partial charge in [-0.1, -0.05) is 49.7 Å². The molecular weight excluding hydrogens is 256 g/mol. The van der Waals surface area contributed by atoms with Gasteiger partial charge in [-0.15, -0.1) is 0 Å². The minimum atomic E-state index is 0.500. The fourth-order valence-electron chi connectivity index (χ4n) is 1.88. The van der Waals surface area contributed by atoms with Crippen LogP contribution in [0.25, 0.3) is 0 Å². The highest BCUT2D eigenvalue weighted by atomic mass is 35.5. The number of benzene rings is 2. The highest BCUT2D eigenvalue weighted by Gasteiger charge is 2.03. The number of rotatable bonds is 4. The first-order valence-electron chi connectivity index (χ1n) is 6.54. The average Bonchev–Trinajstić information content (AvgIpc) is 2.38. The lowest BCUT2D eigenvalue weighted by Crippen LogP contribution is -1.97. The van der Waals surface area contributed by atoms with Gasteiger partial charge in [0.25, 0.3) is 0 Å². The normalized spacial score (nSPS) is 10.8. The van der Waals surface area contributed by atoms with Gasteiger partial charge in [0.2, 0.25) is 0 Å². The predicted molar refractivity (Wildman–Crippen MR) is 81.1 cm³/mol. The zero-order valence-corrected chi connectivity index (χ0v) is 12.4. The third-order valence-electron chi connectivity index (χ3n) is 3.15. The van der Waals surface area contributed by atoms with Crippen LogP contribution in [0.5, 0.6) is 5.75 Å². The van der Waals surface area contributed by atoms with Crippen molar-refractivity contribution < 1.29 is 4.74 Å². The number of halogens is 1. The van der Waals surface area contributed by atoms with Gasteiger partial charge in [-0.3, -0.25) is 0 Å². The Kier molecular flexibility index (Phi) is 4.49. The number of hydrogen-bond donors (Lipinski definition) is 0. The molecule has 2 rings (SSSR count). The predicted octanol–water partition coefficient (Wildman–Crippen LogP) is 5.35. The molecule has 0 heterocycles. The van der Waals surface area contributed by atoms with E-state index in [2.05, 4.69) is 26.0 Å². The van der Waals surface area contributed by atoms with Gasteiger partial charge >= 0.3 is 0 Å². The van der Waals surface area contributed by atoms with Crippen LogP contribution < -0.4 is 4.74 Å². The first kappa shape index (κ1) is 14.0. The molecule has 0 N–H and O–H groups in total. The molecule has 19 heavy (non-hydrogen) atoms. The van der Waals surface area contributed by atoms with Crippen LogP contribution in [0.2, 0.25) is 5.02 Å². The summed E-state index contributed by atoms with van der Waals surface area (Å²) in [4.78, 5) is 0. The number of hydrogen-bond acceptors (Lipinski definition) is 1. The minimum Gasteiger partial charge on any atom is -0.489 e. The van der Waals surface area contributed by atoms with Crippen molar-refractivity contribution in [3.05, 3.63) is 64.2 Å². The molecular formula is C17H19ClO. The van der Waals surface area contributed by atoms with Crippen LogP contribution in [0.15, 0.2) is 42.5 Å². The fraction of sp³-hybridized carbons (Fsp3) is 0.294. The average molecular weight is 275 g/mol. The molecule has 100 valence electrons. The maximum Gasteiger partial charge on any atom is 0.119 e. The van der Waals surface area contributed by atoms with Crippen molar-refractivity contribution in [1.82, 2.24) is 0 Å². The van der Waals surface area contributed by atoms with E-state index >= 15 is 0 Å². The van der Waals surface area contributed by atoms with E-state index in [4.69, 9.17) is 16.3 Å². The lowest BCUT2D eigenvalue weighted by molar-refractivity contribution is 0.306. The molecule has 0 spiro atoms. The summed E-state index contributed by atoms with van der Waals surface area (Å²) in [6.45, 7) is 6.89. The van der Waals surface area contributed by atoms with Crippen LogP contribution in [-0.2, 0) is 6.61 Å². The molecule has 0 aromatic heterocycles. The van der Waals surface area contributed by atoms with Crippen LogP contribution >= 0.6 is 11.6 Å². The van der Waals surface area contributed by atoms with E-state index in [1.807, 2.05) is 37.3 Å². The van der Waals surface area contributed by atoms with Gasteiger partial charge in [-0.05, 0) is 42.2 Å². The highest BCUT2D eigenvalue weighted by molar-refractivity contribution is 6.31. The molecule has 2 aromatic carbocycles. The SMILES string of the molecule is Cc1ccc(COc2ccc(C(C)C)cc2)c(Cl)c1. The van der Waals surface area contributed by atoms with Crippen LogP contribution in [0, 0.1) is 6.92 Å². The quantitative estimate of drug-likeness (QED) is 0.730. The standard InChI is InChI=1S/C17H19ClO/c1-12(2)14-6-8-16(9-7-14)19-11-15-5-4-13(3)10-17(15)18/h4-10,12H,11H2,1-3H3. The van der Waals surface area contributed by atoms with Crippen molar-refractivity contribution in [2.24, 2.45) is 0 Å². The monoisotopic (exact) mass is 274 g/mol. The maximum atomic E-state index is 6.18. The molecule has 0 aliphatic rings. The van der Waals surface area contributed by atoms with E-state index in [9.17, 15) is 0 Å². The molecule has 0 radical (unpaired) electrons. The second-order valence-corrected chi connectivity index (χ2v) is 5.51. The molecule has 0 fully saturated rings. The van der Waals surface area contributed by atoms with Gasteiger partial charge in [0.05, 0.1) is 0 Å². The topological polar surface area (TPSA) is 9.23 Å². The Balaban J connectivity index is 2.02. The van der Waals surface area contributed by atoms with E-state index in [0.29, 0.717) is 12.5 Å². The van der Waals surface area contributed by atoms with Crippen molar-refractivity contribution >= 4 is 11.6 Å². The minimum absolute atomic E-state index is 0.500. The summed E-state index contributed by atoms with van der Waals surface area (Å²) in [7, 11) is 0. The van der Waals surface area contributed by atoms with Gasteiger partial charge in [-0.2, -0.15) is 0 Å². The smallest absolute Gasteiger partial charge is 0.119 e. The van der Waals surface area contributed by atoms with E-state index in [0.717, 1.165) is 21.9 Å². The fourth-order valence-corrected chi connectivity index (χ4v) is 2.17. The summed E-state index contributed by atoms with van der Waals surface area (Å²) in [5, 5.41) is 0.763. The second-order valence-electron chi connectivity index (χ2n) is 5.11. The van der Waals surface area contributed by atoms with E-state index in [1.54, 1.807) is 0 Å². The summed E-state index contributed by atoms with van der Waals surface area (Å²) in [5.74, 6) is 1.42. The Bertz CT molecular complexity index is 544. The summed E-state index contributed by atoms with van der Waals surface area (Å²) in [6, 6.07) is 14.3. The molecule has 0 aliphatic carbocycles. The summed E-state index contributed by atoms with van der Waals surface area (Å²) >= 11 is 6.18. The zero-order valence-electron chi connectivity index (χ0n) is 11.6. The Labute approximate surface area is 120 Å². The Morgan fingerprint density at radius 1 is 1.05 bits per heavy atom. The van der Waals surface area contributed by atoms with E-state index < -0.39 is 0 Å². The third kappa shape index (κ3) is 3.74. The number of aryl methyl sites for hydroxylation is 1. The molecule has 2 heteroatoms. The van der Waals surface area contributed by atoms with Gasteiger partial charge in [0.15, 0.2) is 0 Å². The van der Waals surface area contributed by atoms with Crippen LogP contribution in [0.1, 0.15) is 36.5 Å². The van der Waals surface area contributed by atoms with Crippen molar-refractivity contribution in [2.45, 2.75) is 33.3 Å². The van der Waals surface area contributed by atoms with Crippen molar-refractivity contribution in [3.8, 4) is 5.75 Å². The van der Waals surface area contributed by atoms with Gasteiger partial charge in [0.1, 0.15) is 12.4 Å². The molecule has 0 saturated heterocycles. The van der Waals surface area contributed by atoms with Gasteiger partial charge in [0, 0.05) is 10.6 Å². The molecule has 0 atom stereocenters. The van der Waals surface area contributed by atoms with Crippen molar-refractivity contribution in [1.29, 1.82) is 0 Å². The van der Waals surface area contributed by atoms with E-state index in [-0.39, 0.29) is 0 Å². The lowest BCUT2D eigenvalue weighted by atomic mass is 10.0. The maximum absolute atomic E-state index is 6.18.